The van der Waals surface area contributed by atoms with Crippen LogP contribution >= 0.6 is 23.4 Å². The molecule has 2 heterocycles. The van der Waals surface area contributed by atoms with Crippen LogP contribution < -0.4 is 16.0 Å². The molecule has 0 radical (unpaired) electrons. The van der Waals surface area contributed by atoms with Gasteiger partial charge in [-0.15, -0.1) is 10.2 Å². The van der Waals surface area contributed by atoms with Crippen LogP contribution in [0, 0.1) is 0 Å². The van der Waals surface area contributed by atoms with Crippen molar-refractivity contribution in [2.24, 2.45) is 0 Å². The second-order valence-electron chi connectivity index (χ2n) is 7.01. The summed E-state index contributed by atoms with van der Waals surface area (Å²) in [5.74, 6) is 1.10. The van der Waals surface area contributed by atoms with Gasteiger partial charge in [0, 0.05) is 29.6 Å². The molecule has 0 aliphatic rings. The molecule has 2 aromatic heterocycles. The number of hydrogen-bond donors (Lipinski definition) is 2. The number of thioether (sulfide) groups is 1. The van der Waals surface area contributed by atoms with Gasteiger partial charge in [-0.25, -0.2) is 9.59 Å². The van der Waals surface area contributed by atoms with Crippen LogP contribution in [0.5, 0.6) is 5.75 Å². The van der Waals surface area contributed by atoms with Gasteiger partial charge in [0.2, 0.25) is 0 Å². The van der Waals surface area contributed by atoms with Crippen LogP contribution in [-0.2, 0) is 0 Å². The van der Waals surface area contributed by atoms with Crippen molar-refractivity contribution >= 4 is 28.7 Å². The molecule has 1 aromatic carbocycles. The first-order valence-corrected chi connectivity index (χ1v) is 12.1. The molecule has 2 N–H and O–H groups in total. The summed E-state index contributed by atoms with van der Waals surface area (Å²) in [5, 5.41) is 7.78. The molecule has 0 aliphatic heterocycles. The number of benzene rings is 1. The Morgan fingerprint density at radius 1 is 1.03 bits per heavy atom. The molecular weight excluding hydrogens is 464 g/mol. The quantitative estimate of drug-likeness (QED) is 0.302. The smallest absolute Gasteiger partial charge is 0.372 e. The lowest BCUT2D eigenvalue weighted by Gasteiger charge is -2.09. The van der Waals surface area contributed by atoms with Crippen LogP contribution in [-0.4, -0.2) is 31.2 Å². The predicted octanol–water partition coefficient (Wildman–Crippen LogP) is 5.45. The van der Waals surface area contributed by atoms with E-state index in [1.54, 1.807) is 0 Å². The van der Waals surface area contributed by atoms with Gasteiger partial charge in [-0.1, -0.05) is 81.0 Å². The molecule has 0 amide bonds. The highest BCUT2D eigenvalue weighted by molar-refractivity contribution is 8.13. The average molecular weight is 491 g/mol. The minimum Gasteiger partial charge on any atom is -0.416 e. The summed E-state index contributed by atoms with van der Waals surface area (Å²) in [6.45, 7) is 2.20. The fraction of sp³-hybridized carbons (Fsp3) is 0.348. The number of carbonyl (C=O) groups excluding carboxylic acids is 1. The van der Waals surface area contributed by atoms with E-state index in [0.29, 0.717) is 11.4 Å². The number of unbranched alkanes of at least 4 members (excludes halogenated alkanes) is 5. The molecule has 176 valence electrons. The van der Waals surface area contributed by atoms with E-state index in [1.165, 1.54) is 55.8 Å². The third-order valence-electron chi connectivity index (χ3n) is 4.37. The minimum atomic E-state index is -0.475. The number of aromatic amines is 2. The van der Waals surface area contributed by atoms with Crippen molar-refractivity contribution in [2.45, 2.75) is 45.4 Å². The molecule has 0 saturated carbocycles. The summed E-state index contributed by atoms with van der Waals surface area (Å²) >= 11 is 7.10. The highest BCUT2D eigenvalue weighted by Crippen LogP contribution is 2.30. The third kappa shape index (κ3) is 10.5. The molecule has 10 heteroatoms. The molecule has 0 aliphatic carbocycles. The summed E-state index contributed by atoms with van der Waals surface area (Å²) in [7, 11) is 0. The zero-order chi connectivity index (χ0) is 23.9. The van der Waals surface area contributed by atoms with Gasteiger partial charge in [0.1, 0.15) is 5.69 Å². The van der Waals surface area contributed by atoms with E-state index < -0.39 is 5.69 Å². The first-order valence-electron chi connectivity index (χ1n) is 10.7. The fourth-order valence-electron chi connectivity index (χ4n) is 2.77. The summed E-state index contributed by atoms with van der Waals surface area (Å²) in [4.78, 5) is 36.8. The SMILES string of the molecule is CCCCCCCCSC(=O)Oc1cc(Cl)nnc1-c1ccccc1.O=c1cc[nH]c(=O)[nH]1. The second kappa shape index (κ2) is 15.0. The van der Waals surface area contributed by atoms with E-state index >= 15 is 0 Å². The van der Waals surface area contributed by atoms with Gasteiger partial charge < -0.3 is 9.72 Å². The highest BCUT2D eigenvalue weighted by atomic mass is 35.5. The molecule has 0 unspecified atom stereocenters. The lowest BCUT2D eigenvalue weighted by Crippen LogP contribution is -2.19. The number of aromatic nitrogens is 4. The zero-order valence-corrected chi connectivity index (χ0v) is 20.0. The number of nitrogens with zero attached hydrogens (tertiary/aromatic N) is 2. The van der Waals surface area contributed by atoms with Gasteiger partial charge in [-0.2, -0.15) is 0 Å². The number of carbonyl (C=O) groups is 1. The molecule has 0 fully saturated rings. The van der Waals surface area contributed by atoms with Gasteiger partial charge in [-0.05, 0) is 18.2 Å². The number of halogens is 1. The molecule has 0 saturated heterocycles. The Balaban J connectivity index is 0.000000405. The molecule has 0 spiro atoms. The second-order valence-corrected chi connectivity index (χ2v) is 8.43. The molecule has 3 rings (SSSR count). The van der Waals surface area contributed by atoms with E-state index in [1.807, 2.05) is 35.3 Å². The van der Waals surface area contributed by atoms with Crippen molar-refractivity contribution in [1.82, 2.24) is 20.2 Å². The average Bonchev–Trinajstić information content (AvgIpc) is 2.79. The van der Waals surface area contributed by atoms with Crippen molar-refractivity contribution in [1.29, 1.82) is 0 Å². The van der Waals surface area contributed by atoms with E-state index in [0.717, 1.165) is 24.2 Å². The fourth-order valence-corrected chi connectivity index (χ4v) is 3.57. The summed E-state index contributed by atoms with van der Waals surface area (Å²) in [6.07, 6.45) is 8.49. The molecular formula is C23H27ClN4O4S. The van der Waals surface area contributed by atoms with Crippen LogP contribution in [0.4, 0.5) is 4.79 Å². The van der Waals surface area contributed by atoms with E-state index in [2.05, 4.69) is 22.1 Å². The number of ether oxygens (including phenoxy) is 1. The van der Waals surface area contributed by atoms with Crippen molar-refractivity contribution in [3.05, 3.63) is 74.7 Å². The molecule has 33 heavy (non-hydrogen) atoms. The van der Waals surface area contributed by atoms with Crippen molar-refractivity contribution in [3.8, 4) is 17.0 Å². The largest absolute Gasteiger partial charge is 0.416 e. The maximum Gasteiger partial charge on any atom is 0.372 e. The van der Waals surface area contributed by atoms with E-state index in [4.69, 9.17) is 16.3 Å². The van der Waals surface area contributed by atoms with Crippen LogP contribution in [0.3, 0.4) is 0 Å². The maximum atomic E-state index is 12.1. The summed E-state index contributed by atoms with van der Waals surface area (Å²) < 4.78 is 5.46. The standard InChI is InChI=1S/C19H23ClN2O2S.C4H4N2O2/c1-2-3-4-5-6-10-13-25-19(23)24-16-14-17(20)21-22-18(16)15-11-8-7-9-12-15;7-3-1-2-5-4(8)6-3/h7-9,11-12,14H,2-6,10,13H2,1H3;1-2H,(H2,5,6,7,8). The van der Waals surface area contributed by atoms with Crippen LogP contribution in [0.1, 0.15) is 45.4 Å². The Labute approximate surface area is 201 Å². The number of H-pyrrole nitrogens is 2. The maximum absolute atomic E-state index is 12.1. The number of nitrogens with one attached hydrogen (secondary N) is 2. The van der Waals surface area contributed by atoms with Crippen molar-refractivity contribution in [2.75, 3.05) is 5.75 Å². The van der Waals surface area contributed by atoms with E-state index in [9.17, 15) is 14.4 Å². The van der Waals surface area contributed by atoms with Crippen molar-refractivity contribution in [3.63, 3.8) is 0 Å². The zero-order valence-electron chi connectivity index (χ0n) is 18.4. The van der Waals surface area contributed by atoms with E-state index in [-0.39, 0.29) is 16.0 Å². The lowest BCUT2D eigenvalue weighted by atomic mass is 10.1. The topological polar surface area (TPSA) is 118 Å². The Kier molecular flexibility index (Phi) is 12.0. The molecule has 3 aromatic rings. The third-order valence-corrected chi connectivity index (χ3v) is 5.37. The molecule has 0 bridgehead atoms. The van der Waals surface area contributed by atoms with Gasteiger partial charge >= 0.3 is 11.0 Å². The summed E-state index contributed by atoms with van der Waals surface area (Å²) in [5.41, 5.74) is 0.486. The number of hydrogen-bond acceptors (Lipinski definition) is 7. The number of rotatable bonds is 9. The first kappa shape index (κ1) is 26.3. The monoisotopic (exact) mass is 490 g/mol. The Hall–Kier alpha value is -2.91. The lowest BCUT2D eigenvalue weighted by molar-refractivity contribution is 0.227. The van der Waals surface area contributed by atoms with Crippen LogP contribution in [0.15, 0.2) is 58.3 Å². The van der Waals surface area contributed by atoms with Gasteiger partial charge in [0.15, 0.2) is 10.9 Å². The Morgan fingerprint density at radius 3 is 2.42 bits per heavy atom. The van der Waals surface area contributed by atoms with Gasteiger partial charge in [0.25, 0.3) is 5.56 Å². The van der Waals surface area contributed by atoms with Gasteiger partial charge in [-0.3, -0.25) is 9.78 Å². The Bertz CT molecular complexity index is 1080. The normalized spacial score (nSPS) is 10.2. The van der Waals surface area contributed by atoms with Crippen LogP contribution in [0.25, 0.3) is 11.3 Å². The molecule has 8 nitrogen and oxygen atoms in total. The first-order chi connectivity index (χ1) is 16.0. The Morgan fingerprint density at radius 2 is 1.76 bits per heavy atom. The summed E-state index contributed by atoms with van der Waals surface area (Å²) in [6, 6.07) is 12.2. The van der Waals surface area contributed by atoms with Crippen LogP contribution in [0.2, 0.25) is 5.15 Å². The predicted molar refractivity (Wildman–Crippen MR) is 132 cm³/mol. The van der Waals surface area contributed by atoms with Crippen molar-refractivity contribution < 1.29 is 9.53 Å². The minimum absolute atomic E-state index is 0.198. The highest BCUT2D eigenvalue weighted by Gasteiger charge is 2.14. The van der Waals surface area contributed by atoms with Gasteiger partial charge in [0.05, 0.1) is 0 Å². The molecule has 0 atom stereocenters.